The van der Waals surface area contributed by atoms with Crippen molar-refractivity contribution in [3.8, 4) is 17.2 Å². The lowest BCUT2D eigenvalue weighted by molar-refractivity contribution is -0.136. The quantitative estimate of drug-likeness (QED) is 0.193. The highest BCUT2D eigenvalue weighted by Crippen LogP contribution is 2.35. The molecule has 3 rings (SSSR count). The van der Waals surface area contributed by atoms with Gasteiger partial charge in [-0.05, 0) is 43.8 Å². The molecule has 0 bridgehead atoms. The SMILES string of the molecule is C/C=C(/C(=O)OCC)c1scc(COc2cccc(OCc3ccccc3OC)c2)c1/C(N)=C/CCC. The zero-order chi connectivity index (χ0) is 26.6. The molecule has 7 heteroatoms. The fraction of sp³-hybridized carbons (Fsp3) is 0.300. The van der Waals surface area contributed by atoms with Crippen molar-refractivity contribution in [2.45, 2.75) is 46.8 Å². The third kappa shape index (κ3) is 7.40. The molecule has 2 aromatic carbocycles. The molecule has 0 fully saturated rings. The fourth-order valence-electron chi connectivity index (χ4n) is 3.77. The summed E-state index contributed by atoms with van der Waals surface area (Å²) < 4.78 is 22.8. The van der Waals surface area contributed by atoms with Crippen LogP contribution in [0.25, 0.3) is 11.3 Å². The van der Waals surface area contributed by atoms with Gasteiger partial charge in [0.05, 0.1) is 24.2 Å². The van der Waals surface area contributed by atoms with Gasteiger partial charge < -0.3 is 24.7 Å². The number of methoxy groups -OCH3 is 1. The number of hydrogen-bond donors (Lipinski definition) is 1. The van der Waals surface area contributed by atoms with Crippen LogP contribution in [0.4, 0.5) is 0 Å². The summed E-state index contributed by atoms with van der Waals surface area (Å²) in [7, 11) is 1.65. The topological polar surface area (TPSA) is 80.0 Å². The molecule has 3 aromatic rings. The fourth-order valence-corrected chi connectivity index (χ4v) is 4.91. The van der Waals surface area contributed by atoms with Crippen molar-refractivity contribution < 1.29 is 23.7 Å². The number of unbranched alkanes of at least 4 members (excludes halogenated alkanes) is 1. The van der Waals surface area contributed by atoms with Gasteiger partial charge in [-0.15, -0.1) is 11.3 Å². The standard InChI is InChI=1S/C30H35NO5S/c1-5-8-15-26(31)28-22(20-37-29(28)25(6-2)30(32)34-7-3)19-36-24-14-11-13-23(17-24)35-18-21-12-9-10-16-27(21)33-4/h6,9-17,20H,5,7-8,18-19,31H2,1-4H3/b25-6+,26-15-. The van der Waals surface area contributed by atoms with Crippen LogP contribution < -0.4 is 19.9 Å². The Bertz CT molecular complexity index is 1240. The summed E-state index contributed by atoms with van der Waals surface area (Å²) in [5.41, 5.74) is 10.3. The first-order valence-electron chi connectivity index (χ1n) is 12.4. The smallest absolute Gasteiger partial charge is 0.339 e. The Morgan fingerprint density at radius 2 is 1.70 bits per heavy atom. The first-order valence-corrected chi connectivity index (χ1v) is 13.3. The van der Waals surface area contributed by atoms with Crippen molar-refractivity contribution in [3.05, 3.63) is 87.6 Å². The van der Waals surface area contributed by atoms with E-state index in [1.54, 1.807) is 20.1 Å². The predicted molar refractivity (Wildman–Crippen MR) is 150 cm³/mol. The number of carbonyl (C=O) groups is 1. The van der Waals surface area contributed by atoms with Crippen molar-refractivity contribution >= 4 is 28.6 Å². The number of allylic oxidation sites excluding steroid dienone is 2. The van der Waals surface area contributed by atoms with Gasteiger partial charge in [-0.2, -0.15) is 0 Å². The zero-order valence-corrected chi connectivity index (χ0v) is 22.7. The van der Waals surface area contributed by atoms with Gasteiger partial charge in [0, 0.05) is 28.5 Å². The van der Waals surface area contributed by atoms with Crippen LogP contribution in [-0.4, -0.2) is 19.7 Å². The first kappa shape index (κ1) is 27.9. The van der Waals surface area contributed by atoms with Crippen LogP contribution in [0.15, 0.2) is 66.1 Å². The molecule has 6 nitrogen and oxygen atoms in total. The normalized spacial score (nSPS) is 11.8. The molecule has 0 amide bonds. The number of rotatable bonds is 13. The summed E-state index contributed by atoms with van der Waals surface area (Å²) in [6.07, 6.45) is 5.59. The van der Waals surface area contributed by atoms with Crippen molar-refractivity contribution in [2.24, 2.45) is 5.73 Å². The average molecular weight is 522 g/mol. The lowest BCUT2D eigenvalue weighted by Gasteiger charge is -2.13. The Balaban J connectivity index is 1.79. The number of hydrogen-bond acceptors (Lipinski definition) is 7. The monoisotopic (exact) mass is 521 g/mol. The Morgan fingerprint density at radius 1 is 1.00 bits per heavy atom. The molecule has 0 radical (unpaired) electrons. The molecular weight excluding hydrogens is 486 g/mol. The maximum absolute atomic E-state index is 12.6. The number of ether oxygens (including phenoxy) is 4. The van der Waals surface area contributed by atoms with Crippen LogP contribution in [-0.2, 0) is 22.7 Å². The molecule has 0 spiro atoms. The maximum Gasteiger partial charge on any atom is 0.339 e. The largest absolute Gasteiger partial charge is 0.496 e. The Morgan fingerprint density at radius 3 is 2.35 bits per heavy atom. The molecule has 0 aliphatic heterocycles. The van der Waals surface area contributed by atoms with Gasteiger partial charge in [-0.25, -0.2) is 4.79 Å². The number of para-hydroxylation sites is 1. The lowest BCUT2D eigenvalue weighted by atomic mass is 10.0. The van der Waals surface area contributed by atoms with Crippen molar-refractivity contribution in [1.82, 2.24) is 0 Å². The van der Waals surface area contributed by atoms with Crippen LogP contribution in [0.2, 0.25) is 0 Å². The highest BCUT2D eigenvalue weighted by Gasteiger charge is 2.22. The maximum atomic E-state index is 12.6. The number of nitrogens with two attached hydrogens (primary N) is 1. The van der Waals surface area contributed by atoms with Crippen LogP contribution >= 0.6 is 11.3 Å². The summed E-state index contributed by atoms with van der Waals surface area (Å²) >= 11 is 1.47. The molecule has 0 saturated heterocycles. The Hall–Kier alpha value is -3.71. The summed E-state index contributed by atoms with van der Waals surface area (Å²) in [6.45, 7) is 6.70. The number of benzene rings is 2. The van der Waals surface area contributed by atoms with Crippen molar-refractivity contribution in [3.63, 3.8) is 0 Å². The summed E-state index contributed by atoms with van der Waals surface area (Å²) in [5.74, 6) is 1.79. The van der Waals surface area contributed by atoms with E-state index in [4.69, 9.17) is 24.7 Å². The second-order valence-electron chi connectivity index (χ2n) is 8.20. The number of thiophene rings is 1. The van der Waals surface area contributed by atoms with Crippen molar-refractivity contribution in [2.75, 3.05) is 13.7 Å². The third-order valence-electron chi connectivity index (χ3n) is 5.62. The Labute approximate surface area is 223 Å². The van der Waals surface area contributed by atoms with Crippen molar-refractivity contribution in [1.29, 1.82) is 0 Å². The van der Waals surface area contributed by atoms with Gasteiger partial charge in [-0.3, -0.25) is 0 Å². The van der Waals surface area contributed by atoms with E-state index in [0.29, 0.717) is 42.6 Å². The minimum atomic E-state index is -0.358. The first-order chi connectivity index (χ1) is 18.0. The Kier molecular flexibility index (Phi) is 10.6. The molecule has 196 valence electrons. The predicted octanol–water partition coefficient (Wildman–Crippen LogP) is 6.98. The van der Waals surface area contributed by atoms with Gasteiger partial charge >= 0.3 is 5.97 Å². The van der Waals surface area contributed by atoms with E-state index in [9.17, 15) is 4.79 Å². The summed E-state index contributed by atoms with van der Waals surface area (Å²) in [4.78, 5) is 13.4. The molecule has 1 heterocycles. The highest BCUT2D eigenvalue weighted by atomic mass is 32.1. The molecule has 0 aliphatic carbocycles. The van der Waals surface area contributed by atoms with E-state index < -0.39 is 0 Å². The lowest BCUT2D eigenvalue weighted by Crippen LogP contribution is -2.09. The minimum Gasteiger partial charge on any atom is -0.496 e. The van der Waals surface area contributed by atoms with Crippen LogP contribution in [0, 0.1) is 0 Å². The molecular formula is C30H35NO5S. The third-order valence-corrected chi connectivity index (χ3v) is 6.69. The van der Waals surface area contributed by atoms with Gasteiger partial charge in [0.15, 0.2) is 0 Å². The van der Waals surface area contributed by atoms with E-state index in [1.807, 2.05) is 66.9 Å². The second kappa shape index (κ2) is 14.1. The molecule has 2 N–H and O–H groups in total. The summed E-state index contributed by atoms with van der Waals surface area (Å²) in [5, 5.41) is 1.99. The molecule has 0 atom stereocenters. The molecule has 0 aliphatic rings. The van der Waals surface area contributed by atoms with E-state index in [-0.39, 0.29) is 5.97 Å². The summed E-state index contributed by atoms with van der Waals surface area (Å²) in [6, 6.07) is 15.3. The zero-order valence-electron chi connectivity index (χ0n) is 21.9. The molecule has 1 aromatic heterocycles. The number of esters is 1. The highest BCUT2D eigenvalue weighted by molar-refractivity contribution is 7.12. The molecule has 0 saturated carbocycles. The van der Waals surface area contributed by atoms with E-state index in [1.165, 1.54) is 11.3 Å². The average Bonchev–Trinajstić information content (AvgIpc) is 3.34. The molecule has 0 unspecified atom stereocenters. The van der Waals surface area contributed by atoms with E-state index in [0.717, 1.165) is 40.2 Å². The number of carbonyl (C=O) groups excluding carboxylic acids is 1. The second-order valence-corrected chi connectivity index (χ2v) is 9.08. The minimum absolute atomic E-state index is 0.294. The van der Waals surface area contributed by atoms with Gasteiger partial charge in [0.1, 0.15) is 30.5 Å². The van der Waals surface area contributed by atoms with E-state index >= 15 is 0 Å². The van der Waals surface area contributed by atoms with E-state index in [2.05, 4.69) is 6.92 Å². The molecule has 37 heavy (non-hydrogen) atoms. The van der Waals surface area contributed by atoms with Crippen LogP contribution in [0.3, 0.4) is 0 Å². The van der Waals surface area contributed by atoms with Gasteiger partial charge in [0.2, 0.25) is 0 Å². The van der Waals surface area contributed by atoms with Crippen LogP contribution in [0.5, 0.6) is 17.2 Å². The van der Waals surface area contributed by atoms with Gasteiger partial charge in [0.25, 0.3) is 0 Å². The van der Waals surface area contributed by atoms with Gasteiger partial charge in [-0.1, -0.05) is 49.8 Å². The van der Waals surface area contributed by atoms with Crippen LogP contribution in [0.1, 0.15) is 55.2 Å².